The van der Waals surface area contributed by atoms with Gasteiger partial charge >= 0.3 is 6.01 Å². The van der Waals surface area contributed by atoms with Gasteiger partial charge in [0.25, 0.3) is 0 Å². The molecule has 226 valence electrons. The molecule has 0 N–H and O–H groups in total. The number of carbonyl (C=O) groups excluding carboxylic acids is 2. The third-order valence-corrected chi connectivity index (χ3v) is 9.93. The van der Waals surface area contributed by atoms with Gasteiger partial charge < -0.3 is 24.3 Å². The first-order chi connectivity index (χ1) is 20.8. The van der Waals surface area contributed by atoms with Gasteiger partial charge in [0.15, 0.2) is 0 Å². The zero-order valence-electron chi connectivity index (χ0n) is 24.7. The van der Waals surface area contributed by atoms with Crippen molar-refractivity contribution in [3.63, 3.8) is 0 Å². The summed E-state index contributed by atoms with van der Waals surface area (Å²) in [4.78, 5) is 43.8. The number of para-hydroxylation sites is 1. The van der Waals surface area contributed by atoms with E-state index in [1.807, 2.05) is 29.2 Å². The van der Waals surface area contributed by atoms with E-state index in [2.05, 4.69) is 29.5 Å². The Bertz CT molecular complexity index is 1460. The van der Waals surface area contributed by atoms with Crippen LogP contribution < -0.4 is 14.5 Å². The monoisotopic (exact) mass is 603 g/mol. The number of ether oxygens (including phenoxy) is 1. The standard InChI is InChI=1S/C32H38ClN7O3/c1-3-28(41)39-16-15-38(19-22(39)11-13-34)30-24-10-12-32(18-29(42)40(21-32)27-9-5-4-8-25(27)33)17-26(24)35-31(36-30)43-20-23-7-6-14-37(23)2/h3-5,8-9,22-23H,1,6-7,10-12,14-21H2,2H3. The Morgan fingerprint density at radius 1 is 1.23 bits per heavy atom. The number of anilines is 2. The second kappa shape index (κ2) is 12.1. The van der Waals surface area contributed by atoms with Gasteiger partial charge in [0, 0.05) is 49.6 Å². The summed E-state index contributed by atoms with van der Waals surface area (Å²) in [5.41, 5.74) is 2.48. The fraction of sp³-hybridized carbons (Fsp3) is 0.531. The second-order valence-corrected chi connectivity index (χ2v) is 12.7. The van der Waals surface area contributed by atoms with E-state index >= 15 is 0 Å². The van der Waals surface area contributed by atoms with Crippen molar-refractivity contribution in [2.75, 3.05) is 56.2 Å². The van der Waals surface area contributed by atoms with E-state index in [0.29, 0.717) is 62.7 Å². The minimum absolute atomic E-state index is 0.0777. The molecule has 0 saturated carbocycles. The molecule has 2 aromatic rings. The van der Waals surface area contributed by atoms with E-state index in [-0.39, 0.29) is 29.7 Å². The van der Waals surface area contributed by atoms with Crippen LogP contribution in [0.2, 0.25) is 5.02 Å². The van der Waals surface area contributed by atoms with Crippen molar-refractivity contribution in [3.05, 3.63) is 53.2 Å². The molecule has 2 amide bonds. The van der Waals surface area contributed by atoms with Crippen molar-refractivity contribution in [1.29, 1.82) is 5.26 Å². The maximum absolute atomic E-state index is 13.3. The Hall–Kier alpha value is -3.68. The van der Waals surface area contributed by atoms with Crippen molar-refractivity contribution in [2.45, 2.75) is 57.0 Å². The first-order valence-corrected chi connectivity index (χ1v) is 15.5. The van der Waals surface area contributed by atoms with Crippen molar-refractivity contribution < 1.29 is 14.3 Å². The number of benzene rings is 1. The van der Waals surface area contributed by atoms with E-state index in [1.165, 1.54) is 6.08 Å². The van der Waals surface area contributed by atoms with E-state index < -0.39 is 0 Å². The Morgan fingerprint density at radius 3 is 2.81 bits per heavy atom. The van der Waals surface area contributed by atoms with Crippen LogP contribution in [0.5, 0.6) is 6.01 Å². The molecule has 1 spiro atoms. The Kier molecular flexibility index (Phi) is 8.29. The van der Waals surface area contributed by atoms with Crippen LogP contribution in [0, 0.1) is 16.7 Å². The molecule has 3 atom stereocenters. The number of piperazine rings is 1. The van der Waals surface area contributed by atoms with Gasteiger partial charge in [0.05, 0.1) is 34.9 Å². The van der Waals surface area contributed by atoms with Crippen LogP contribution in [-0.4, -0.2) is 90.0 Å². The number of carbonyl (C=O) groups is 2. The molecule has 1 aliphatic carbocycles. The molecular formula is C32H38ClN7O3. The Balaban J connectivity index is 1.30. The van der Waals surface area contributed by atoms with Gasteiger partial charge in [-0.1, -0.05) is 30.3 Å². The molecule has 3 saturated heterocycles. The number of fused-ring (bicyclic) bond motifs is 1. The summed E-state index contributed by atoms with van der Waals surface area (Å²) in [5.74, 6) is 0.731. The number of nitrogens with zero attached hydrogens (tertiary/aromatic N) is 7. The van der Waals surface area contributed by atoms with Crippen molar-refractivity contribution in [2.24, 2.45) is 5.41 Å². The normalized spacial score (nSPS) is 25.6. The average molecular weight is 604 g/mol. The van der Waals surface area contributed by atoms with Gasteiger partial charge in [0.1, 0.15) is 12.4 Å². The summed E-state index contributed by atoms with van der Waals surface area (Å²) in [6, 6.07) is 10.1. The third kappa shape index (κ3) is 5.80. The van der Waals surface area contributed by atoms with Crippen LogP contribution in [0.3, 0.4) is 0 Å². The number of amides is 2. The van der Waals surface area contributed by atoms with Gasteiger partial charge in [-0.25, -0.2) is 0 Å². The number of hydrogen-bond donors (Lipinski definition) is 0. The fourth-order valence-electron chi connectivity index (χ4n) is 7.22. The summed E-state index contributed by atoms with van der Waals surface area (Å²) in [6.07, 6.45) is 6.39. The van der Waals surface area contributed by atoms with Gasteiger partial charge in [-0.05, 0) is 63.9 Å². The predicted molar refractivity (Wildman–Crippen MR) is 164 cm³/mol. The Morgan fingerprint density at radius 2 is 2.07 bits per heavy atom. The summed E-state index contributed by atoms with van der Waals surface area (Å²) in [6.45, 7) is 7.34. The number of nitriles is 1. The molecule has 4 heterocycles. The maximum atomic E-state index is 13.3. The highest BCUT2D eigenvalue weighted by Crippen LogP contribution is 2.47. The topological polar surface area (TPSA) is 106 Å². The first kappa shape index (κ1) is 29.4. The van der Waals surface area contributed by atoms with Crippen LogP contribution in [0.25, 0.3) is 0 Å². The lowest BCUT2D eigenvalue weighted by atomic mass is 9.72. The van der Waals surface area contributed by atoms with Crippen LogP contribution in [0.15, 0.2) is 36.9 Å². The van der Waals surface area contributed by atoms with Crippen molar-refractivity contribution >= 4 is 34.9 Å². The number of likely N-dealkylation sites (N-methyl/N-ethyl adjacent to an activating group) is 1. The van der Waals surface area contributed by atoms with E-state index in [4.69, 9.17) is 26.3 Å². The van der Waals surface area contributed by atoms with Crippen LogP contribution in [0.4, 0.5) is 11.5 Å². The molecule has 3 fully saturated rings. The lowest BCUT2D eigenvalue weighted by Gasteiger charge is -2.42. The quantitative estimate of drug-likeness (QED) is 0.442. The van der Waals surface area contributed by atoms with Crippen LogP contribution in [0.1, 0.15) is 43.4 Å². The van der Waals surface area contributed by atoms with Gasteiger partial charge in [-0.3, -0.25) is 9.59 Å². The largest absolute Gasteiger partial charge is 0.462 e. The molecule has 10 nitrogen and oxygen atoms in total. The van der Waals surface area contributed by atoms with Crippen LogP contribution in [-0.2, 0) is 22.4 Å². The number of rotatable bonds is 7. The molecule has 4 aliphatic rings. The van der Waals surface area contributed by atoms with Gasteiger partial charge in [0.2, 0.25) is 11.8 Å². The Labute approximate surface area is 257 Å². The highest BCUT2D eigenvalue weighted by atomic mass is 35.5. The highest BCUT2D eigenvalue weighted by Gasteiger charge is 2.47. The lowest BCUT2D eigenvalue weighted by Crippen LogP contribution is -2.55. The summed E-state index contributed by atoms with van der Waals surface area (Å²) >= 11 is 6.49. The third-order valence-electron chi connectivity index (χ3n) is 9.61. The molecule has 11 heteroatoms. The molecule has 1 aromatic heterocycles. The summed E-state index contributed by atoms with van der Waals surface area (Å²) < 4.78 is 6.27. The molecule has 0 bridgehead atoms. The zero-order chi connectivity index (χ0) is 30.1. The molecule has 3 unspecified atom stereocenters. The predicted octanol–water partition coefficient (Wildman–Crippen LogP) is 3.63. The van der Waals surface area contributed by atoms with E-state index in [9.17, 15) is 14.9 Å². The van der Waals surface area contributed by atoms with Gasteiger partial charge in [-0.15, -0.1) is 0 Å². The second-order valence-electron chi connectivity index (χ2n) is 12.3. The van der Waals surface area contributed by atoms with E-state index in [0.717, 1.165) is 55.0 Å². The van der Waals surface area contributed by atoms with E-state index in [1.54, 1.807) is 4.90 Å². The average Bonchev–Trinajstić information content (AvgIpc) is 3.56. The number of aromatic nitrogens is 2. The molecular weight excluding hydrogens is 566 g/mol. The number of likely N-dealkylation sites (tertiary alicyclic amines) is 1. The minimum atomic E-state index is -0.266. The first-order valence-electron chi connectivity index (χ1n) is 15.1. The number of hydrogen-bond acceptors (Lipinski definition) is 8. The summed E-state index contributed by atoms with van der Waals surface area (Å²) in [7, 11) is 2.12. The molecule has 6 rings (SSSR count). The molecule has 0 radical (unpaired) electrons. The van der Waals surface area contributed by atoms with Gasteiger partial charge in [-0.2, -0.15) is 15.2 Å². The van der Waals surface area contributed by atoms with Crippen LogP contribution >= 0.6 is 11.6 Å². The SMILES string of the molecule is C=CC(=O)N1CCN(c2nc(OCC3CCCN3C)nc3c2CCC2(CC(=O)N(c4ccccc4Cl)C2)C3)CC1CC#N. The smallest absolute Gasteiger partial charge is 0.318 e. The highest BCUT2D eigenvalue weighted by molar-refractivity contribution is 6.33. The number of halogens is 1. The van der Waals surface area contributed by atoms with Crippen molar-refractivity contribution in [1.82, 2.24) is 19.8 Å². The minimum Gasteiger partial charge on any atom is -0.462 e. The molecule has 3 aliphatic heterocycles. The molecule has 43 heavy (non-hydrogen) atoms. The summed E-state index contributed by atoms with van der Waals surface area (Å²) in [5, 5.41) is 10.1. The fourth-order valence-corrected chi connectivity index (χ4v) is 7.46. The van der Waals surface area contributed by atoms with Crippen molar-refractivity contribution in [3.8, 4) is 12.1 Å². The molecule has 1 aromatic carbocycles. The zero-order valence-corrected chi connectivity index (χ0v) is 25.4. The maximum Gasteiger partial charge on any atom is 0.318 e. The lowest BCUT2D eigenvalue weighted by molar-refractivity contribution is -0.128.